The zero-order valence-electron chi connectivity index (χ0n) is 9.81. The molecule has 0 aromatic carbocycles. The summed E-state index contributed by atoms with van der Waals surface area (Å²) < 4.78 is 9.83. The Morgan fingerprint density at radius 2 is 2.29 bits per heavy atom. The third-order valence-corrected chi connectivity index (χ3v) is 2.17. The normalized spacial score (nSPS) is 12.1. The first kappa shape index (κ1) is 13.5. The minimum Gasteiger partial charge on any atom is -0.467 e. The topological polar surface area (TPSA) is 83.7 Å². The van der Waals surface area contributed by atoms with E-state index in [1.54, 1.807) is 19.2 Å². The number of ether oxygens (including phenoxy) is 1. The molecule has 17 heavy (non-hydrogen) atoms. The molecule has 1 atom stereocenters. The minimum atomic E-state index is -0.690. The van der Waals surface area contributed by atoms with Crippen LogP contribution in [0.4, 0.5) is 4.79 Å². The average molecular weight is 242 g/mol. The summed E-state index contributed by atoms with van der Waals surface area (Å²) in [4.78, 5) is 11.2. The van der Waals surface area contributed by atoms with Crippen LogP contribution in [-0.2, 0) is 4.74 Å². The second kappa shape index (κ2) is 7.70. The van der Waals surface area contributed by atoms with E-state index < -0.39 is 6.10 Å². The van der Waals surface area contributed by atoms with Gasteiger partial charge in [-0.2, -0.15) is 0 Å². The van der Waals surface area contributed by atoms with Crippen molar-refractivity contribution in [3.05, 3.63) is 24.2 Å². The largest absolute Gasteiger partial charge is 0.467 e. The van der Waals surface area contributed by atoms with Gasteiger partial charge in [0.15, 0.2) is 0 Å². The molecule has 96 valence electrons. The third kappa shape index (κ3) is 5.37. The molecule has 1 aromatic heterocycles. The number of rotatable bonds is 7. The van der Waals surface area contributed by atoms with Crippen LogP contribution in [0.2, 0.25) is 0 Å². The SMILES string of the molecule is COCCNC(=O)NCCC(O)c1ccco1. The number of carbonyl (C=O) groups is 1. The van der Waals surface area contributed by atoms with Crippen LogP contribution < -0.4 is 10.6 Å². The molecule has 0 bridgehead atoms. The first-order valence-electron chi connectivity index (χ1n) is 5.46. The number of nitrogens with one attached hydrogen (secondary N) is 2. The van der Waals surface area contributed by atoms with Gasteiger partial charge in [0.1, 0.15) is 11.9 Å². The second-order valence-electron chi connectivity index (χ2n) is 3.50. The first-order chi connectivity index (χ1) is 8.24. The van der Waals surface area contributed by atoms with Crippen LogP contribution in [0.5, 0.6) is 0 Å². The molecule has 6 nitrogen and oxygen atoms in total. The summed E-state index contributed by atoms with van der Waals surface area (Å²) in [6, 6.07) is 3.14. The molecule has 1 rings (SSSR count). The van der Waals surface area contributed by atoms with Gasteiger partial charge in [0.25, 0.3) is 0 Å². The van der Waals surface area contributed by atoms with Gasteiger partial charge in [-0.3, -0.25) is 0 Å². The maximum Gasteiger partial charge on any atom is 0.314 e. The van der Waals surface area contributed by atoms with Crippen LogP contribution in [-0.4, -0.2) is 37.9 Å². The van der Waals surface area contributed by atoms with Crippen molar-refractivity contribution in [1.29, 1.82) is 0 Å². The Hall–Kier alpha value is -1.53. The van der Waals surface area contributed by atoms with E-state index in [0.717, 1.165) is 0 Å². The molecule has 0 aliphatic rings. The van der Waals surface area contributed by atoms with E-state index in [9.17, 15) is 9.90 Å². The number of hydrogen-bond donors (Lipinski definition) is 3. The Labute approximate surface area is 99.9 Å². The fourth-order valence-electron chi connectivity index (χ4n) is 1.27. The van der Waals surface area contributed by atoms with E-state index in [-0.39, 0.29) is 6.03 Å². The Balaban J connectivity index is 2.09. The highest BCUT2D eigenvalue weighted by Crippen LogP contribution is 2.15. The van der Waals surface area contributed by atoms with E-state index in [2.05, 4.69) is 10.6 Å². The van der Waals surface area contributed by atoms with Crippen molar-refractivity contribution >= 4 is 6.03 Å². The van der Waals surface area contributed by atoms with Gasteiger partial charge in [0.05, 0.1) is 12.9 Å². The van der Waals surface area contributed by atoms with Crippen molar-refractivity contribution in [1.82, 2.24) is 10.6 Å². The molecule has 0 aliphatic carbocycles. The number of amides is 2. The molecule has 0 aliphatic heterocycles. The lowest BCUT2D eigenvalue weighted by atomic mass is 10.2. The number of carbonyl (C=O) groups excluding carboxylic acids is 1. The van der Waals surface area contributed by atoms with Crippen LogP contribution in [0.3, 0.4) is 0 Å². The lowest BCUT2D eigenvalue weighted by Crippen LogP contribution is -2.38. The molecule has 1 heterocycles. The molecule has 1 unspecified atom stereocenters. The van der Waals surface area contributed by atoms with Gasteiger partial charge in [-0.1, -0.05) is 0 Å². The number of hydrogen-bond acceptors (Lipinski definition) is 4. The van der Waals surface area contributed by atoms with Crippen molar-refractivity contribution < 1.29 is 19.1 Å². The lowest BCUT2D eigenvalue weighted by molar-refractivity contribution is 0.140. The molecule has 0 saturated heterocycles. The summed E-state index contributed by atoms with van der Waals surface area (Å²) in [6.07, 6.45) is 1.22. The monoisotopic (exact) mass is 242 g/mol. The van der Waals surface area contributed by atoms with Gasteiger partial charge in [0.2, 0.25) is 0 Å². The fraction of sp³-hybridized carbons (Fsp3) is 0.545. The van der Waals surface area contributed by atoms with Crippen LogP contribution in [0.1, 0.15) is 18.3 Å². The van der Waals surface area contributed by atoms with Crippen molar-refractivity contribution in [2.24, 2.45) is 0 Å². The van der Waals surface area contributed by atoms with Crippen molar-refractivity contribution in [2.75, 3.05) is 26.8 Å². The maximum atomic E-state index is 11.2. The number of aliphatic hydroxyl groups excluding tert-OH is 1. The van der Waals surface area contributed by atoms with Crippen LogP contribution >= 0.6 is 0 Å². The van der Waals surface area contributed by atoms with Gasteiger partial charge in [-0.25, -0.2) is 4.79 Å². The Kier molecular flexibility index (Phi) is 6.13. The van der Waals surface area contributed by atoms with Gasteiger partial charge in [-0.05, 0) is 18.6 Å². The highest BCUT2D eigenvalue weighted by atomic mass is 16.5. The minimum absolute atomic E-state index is 0.270. The third-order valence-electron chi connectivity index (χ3n) is 2.17. The van der Waals surface area contributed by atoms with E-state index in [1.165, 1.54) is 6.26 Å². The van der Waals surface area contributed by atoms with Crippen LogP contribution in [0, 0.1) is 0 Å². The van der Waals surface area contributed by atoms with Crippen molar-refractivity contribution in [2.45, 2.75) is 12.5 Å². The summed E-state index contributed by atoms with van der Waals surface area (Å²) in [5.74, 6) is 0.506. The van der Waals surface area contributed by atoms with E-state index in [4.69, 9.17) is 9.15 Å². The second-order valence-corrected chi connectivity index (χ2v) is 3.50. The smallest absolute Gasteiger partial charge is 0.314 e. The van der Waals surface area contributed by atoms with Crippen LogP contribution in [0.15, 0.2) is 22.8 Å². The summed E-state index contributed by atoms with van der Waals surface area (Å²) in [7, 11) is 1.57. The first-order valence-corrected chi connectivity index (χ1v) is 5.46. The fourth-order valence-corrected chi connectivity index (χ4v) is 1.27. The predicted octanol–water partition coefficient (Wildman–Crippen LogP) is 0.649. The Morgan fingerprint density at radius 3 is 2.94 bits per heavy atom. The molecule has 6 heteroatoms. The maximum absolute atomic E-state index is 11.2. The summed E-state index contributed by atoms with van der Waals surface area (Å²) in [5.41, 5.74) is 0. The zero-order chi connectivity index (χ0) is 12.5. The molecule has 3 N–H and O–H groups in total. The van der Waals surface area contributed by atoms with Gasteiger partial charge >= 0.3 is 6.03 Å². The molecule has 2 amide bonds. The Morgan fingerprint density at radius 1 is 1.53 bits per heavy atom. The summed E-state index contributed by atoms with van der Waals surface area (Å²) in [6.45, 7) is 1.31. The summed E-state index contributed by atoms with van der Waals surface area (Å²) >= 11 is 0. The number of urea groups is 1. The lowest BCUT2D eigenvalue weighted by Gasteiger charge is -2.09. The highest BCUT2D eigenvalue weighted by molar-refractivity contribution is 5.73. The molecule has 0 saturated carbocycles. The van der Waals surface area contributed by atoms with Gasteiger partial charge in [-0.15, -0.1) is 0 Å². The molecular formula is C11H18N2O4. The predicted molar refractivity (Wildman–Crippen MR) is 61.6 cm³/mol. The van der Waals surface area contributed by atoms with Crippen molar-refractivity contribution in [3.8, 4) is 0 Å². The molecule has 0 fully saturated rings. The number of methoxy groups -OCH3 is 1. The van der Waals surface area contributed by atoms with Gasteiger partial charge in [0, 0.05) is 20.2 Å². The molecular weight excluding hydrogens is 224 g/mol. The molecule has 0 spiro atoms. The molecule has 0 radical (unpaired) electrons. The highest BCUT2D eigenvalue weighted by Gasteiger charge is 2.10. The van der Waals surface area contributed by atoms with Crippen LogP contribution in [0.25, 0.3) is 0 Å². The Bertz CT molecular complexity index is 313. The van der Waals surface area contributed by atoms with Gasteiger partial charge < -0.3 is 24.9 Å². The van der Waals surface area contributed by atoms with E-state index in [0.29, 0.717) is 31.9 Å². The molecule has 1 aromatic rings. The average Bonchev–Trinajstić information content (AvgIpc) is 2.82. The van der Waals surface area contributed by atoms with Crippen molar-refractivity contribution in [3.63, 3.8) is 0 Å². The van der Waals surface area contributed by atoms with E-state index >= 15 is 0 Å². The zero-order valence-corrected chi connectivity index (χ0v) is 9.81. The quantitative estimate of drug-likeness (QED) is 0.613. The summed E-state index contributed by atoms with van der Waals surface area (Å²) in [5, 5.41) is 14.9. The van der Waals surface area contributed by atoms with E-state index in [1.807, 2.05) is 0 Å². The number of furan rings is 1. The standard InChI is InChI=1S/C11H18N2O4/c1-16-8-6-13-11(15)12-5-4-9(14)10-3-2-7-17-10/h2-3,7,9,14H,4-6,8H2,1H3,(H2,12,13,15). The number of aliphatic hydroxyl groups is 1.